The van der Waals surface area contributed by atoms with Crippen molar-refractivity contribution in [3.8, 4) is 22.7 Å². The second-order valence-corrected chi connectivity index (χ2v) is 7.16. The molecule has 1 aliphatic carbocycles. The minimum absolute atomic E-state index is 0.0569. The van der Waals surface area contributed by atoms with Gasteiger partial charge in [0.05, 0.1) is 29.9 Å². The fourth-order valence-corrected chi connectivity index (χ4v) is 3.71. The van der Waals surface area contributed by atoms with Crippen LogP contribution >= 0.6 is 0 Å². The molecular weight excluding hydrogens is 380 g/mol. The summed E-state index contributed by atoms with van der Waals surface area (Å²) in [4.78, 5) is 5.66. The Morgan fingerprint density at radius 3 is 2.66 bits per heavy atom. The van der Waals surface area contributed by atoms with E-state index >= 15 is 0 Å². The molecule has 0 unspecified atom stereocenters. The van der Waals surface area contributed by atoms with Gasteiger partial charge in [0, 0.05) is 51.0 Å². The molecule has 152 valence electrons. The van der Waals surface area contributed by atoms with Gasteiger partial charge in [0.1, 0.15) is 5.75 Å². The zero-order valence-corrected chi connectivity index (χ0v) is 16.0. The first-order chi connectivity index (χ1) is 13.9. The molecule has 0 spiro atoms. The van der Waals surface area contributed by atoms with Crippen LogP contribution in [0.25, 0.3) is 16.9 Å². The molecule has 0 amide bonds. The third kappa shape index (κ3) is 3.77. The molecule has 0 saturated heterocycles. The van der Waals surface area contributed by atoms with Crippen LogP contribution < -0.4 is 4.90 Å². The molecule has 0 radical (unpaired) electrons. The second-order valence-electron chi connectivity index (χ2n) is 7.16. The van der Waals surface area contributed by atoms with Crippen molar-refractivity contribution in [1.82, 2.24) is 19.7 Å². The molecule has 4 rings (SSSR count). The highest BCUT2D eigenvalue weighted by Gasteiger charge is 2.48. The maximum Gasteiger partial charge on any atom is 0.252 e. The number of aromatic hydroxyl groups is 1. The molecule has 9 heteroatoms. The van der Waals surface area contributed by atoms with E-state index in [2.05, 4.69) is 15.2 Å². The van der Waals surface area contributed by atoms with Gasteiger partial charge in [0.15, 0.2) is 5.82 Å². The molecule has 2 heterocycles. The molecule has 2 aromatic heterocycles. The van der Waals surface area contributed by atoms with Crippen molar-refractivity contribution in [1.29, 1.82) is 0 Å². The average molecular weight is 401 g/mol. The van der Waals surface area contributed by atoms with Gasteiger partial charge in [0.2, 0.25) is 0 Å². The lowest BCUT2D eigenvalue weighted by Gasteiger charge is -2.29. The van der Waals surface area contributed by atoms with E-state index in [1.54, 1.807) is 59.5 Å². The molecule has 2 atom stereocenters. The topological polar surface area (TPSA) is 76.3 Å². The molecule has 1 N–H and O–H groups in total. The van der Waals surface area contributed by atoms with Crippen LogP contribution in [0, 0.1) is 0 Å². The Labute approximate surface area is 166 Å². The number of benzene rings is 1. The van der Waals surface area contributed by atoms with Gasteiger partial charge in [-0.1, -0.05) is 0 Å². The molecule has 1 aliphatic rings. The molecule has 3 aromatic rings. The summed E-state index contributed by atoms with van der Waals surface area (Å²) >= 11 is 0. The second kappa shape index (κ2) is 7.40. The molecule has 7 nitrogen and oxygen atoms in total. The first-order valence-electron chi connectivity index (χ1n) is 9.17. The fourth-order valence-electron chi connectivity index (χ4n) is 3.71. The first kappa shape index (κ1) is 19.3. The van der Waals surface area contributed by atoms with Gasteiger partial charge in [-0.25, -0.2) is 13.8 Å². The van der Waals surface area contributed by atoms with E-state index in [0.717, 1.165) is 5.69 Å². The van der Waals surface area contributed by atoms with Crippen LogP contribution in [-0.2, 0) is 4.74 Å². The summed E-state index contributed by atoms with van der Waals surface area (Å²) in [5.41, 5.74) is 1.77. The Hall–Kier alpha value is -3.07. The number of aromatic nitrogens is 4. The largest absolute Gasteiger partial charge is 0.507 e. The van der Waals surface area contributed by atoms with Crippen molar-refractivity contribution in [3.05, 3.63) is 49.1 Å². The smallest absolute Gasteiger partial charge is 0.252 e. The number of phenolic OH excluding ortho intramolecular Hbond substituents is 1. The predicted molar refractivity (Wildman–Crippen MR) is 103 cm³/mol. The van der Waals surface area contributed by atoms with Gasteiger partial charge in [-0.3, -0.25) is 0 Å². The van der Waals surface area contributed by atoms with E-state index in [4.69, 9.17) is 4.74 Å². The van der Waals surface area contributed by atoms with Crippen molar-refractivity contribution in [2.75, 3.05) is 19.1 Å². The summed E-state index contributed by atoms with van der Waals surface area (Å²) in [5, 5.41) is 18.8. The van der Waals surface area contributed by atoms with Gasteiger partial charge in [-0.15, -0.1) is 10.2 Å². The summed E-state index contributed by atoms with van der Waals surface area (Å²) in [7, 11) is 3.15. The Bertz CT molecular complexity index is 979. The minimum Gasteiger partial charge on any atom is -0.507 e. The predicted octanol–water partition coefficient (Wildman–Crippen LogP) is 3.28. The molecule has 0 bridgehead atoms. The summed E-state index contributed by atoms with van der Waals surface area (Å²) in [6.07, 6.45) is 3.90. The number of hydrogen-bond acceptors (Lipinski definition) is 6. The van der Waals surface area contributed by atoms with Gasteiger partial charge < -0.3 is 19.3 Å². The lowest BCUT2D eigenvalue weighted by molar-refractivity contribution is -0.00992. The number of ether oxygens (including phenoxy) is 1. The highest BCUT2D eigenvalue weighted by atomic mass is 19.3. The summed E-state index contributed by atoms with van der Waals surface area (Å²) < 4.78 is 34.6. The first-order valence-corrected chi connectivity index (χ1v) is 9.17. The average Bonchev–Trinajstić information content (AvgIpc) is 3.35. The molecule has 0 aliphatic heterocycles. The van der Waals surface area contributed by atoms with E-state index in [0.29, 0.717) is 17.1 Å². The van der Waals surface area contributed by atoms with Gasteiger partial charge in [-0.2, -0.15) is 0 Å². The molecule has 1 aromatic carbocycles. The maximum absolute atomic E-state index is 13.8. The molecule has 29 heavy (non-hydrogen) atoms. The van der Waals surface area contributed by atoms with Crippen molar-refractivity contribution in [2.45, 2.75) is 30.9 Å². The zero-order chi connectivity index (χ0) is 20.6. The van der Waals surface area contributed by atoms with E-state index in [1.165, 1.54) is 7.11 Å². The number of halogens is 2. The lowest BCUT2D eigenvalue weighted by atomic mass is 10.1. The van der Waals surface area contributed by atoms with Crippen LogP contribution in [0.5, 0.6) is 5.75 Å². The summed E-state index contributed by atoms with van der Waals surface area (Å²) in [5.74, 6) is -2.23. The minimum atomic E-state index is -2.75. The third-order valence-electron chi connectivity index (χ3n) is 5.31. The van der Waals surface area contributed by atoms with Crippen LogP contribution in [0.4, 0.5) is 14.6 Å². The number of imidazole rings is 1. The fraction of sp³-hybridized carbons (Fsp3) is 0.350. The highest BCUT2D eigenvalue weighted by Crippen LogP contribution is 2.39. The molecular formula is C20H21F2N5O2. The van der Waals surface area contributed by atoms with Crippen LogP contribution in [0.3, 0.4) is 0 Å². The SMILES string of the molecule is CO[C@H]1CC(F)(F)C[C@@H]1N(C)c1ccc(-c2ccc(-n3ccnc3)cc2O)nn1. The standard InChI is InChI=1S/C20H21F2N5O2/c1-26(16-10-20(21,22)11-18(16)29-2)19-6-5-15(24-25-19)14-4-3-13(9-17(14)28)27-8-7-23-12-27/h3-9,12,16,18,28H,10-11H2,1-2H3/t16-,18-/m0/s1. The maximum atomic E-state index is 13.8. The summed E-state index contributed by atoms with van der Waals surface area (Å²) in [6.45, 7) is 0. The number of phenols is 1. The van der Waals surface area contributed by atoms with Gasteiger partial charge in [0.25, 0.3) is 5.92 Å². The zero-order valence-electron chi connectivity index (χ0n) is 16.0. The quantitative estimate of drug-likeness (QED) is 0.707. The van der Waals surface area contributed by atoms with E-state index in [9.17, 15) is 13.9 Å². The number of nitrogens with zero attached hydrogens (tertiary/aromatic N) is 5. The monoisotopic (exact) mass is 401 g/mol. The lowest BCUT2D eigenvalue weighted by Crippen LogP contribution is -2.39. The van der Waals surface area contributed by atoms with Gasteiger partial charge >= 0.3 is 0 Å². The number of hydrogen-bond donors (Lipinski definition) is 1. The van der Waals surface area contributed by atoms with Crippen molar-refractivity contribution in [3.63, 3.8) is 0 Å². The van der Waals surface area contributed by atoms with Crippen molar-refractivity contribution < 1.29 is 18.6 Å². The highest BCUT2D eigenvalue weighted by molar-refractivity contribution is 5.69. The Kier molecular flexibility index (Phi) is 4.91. The van der Waals surface area contributed by atoms with Crippen molar-refractivity contribution in [2.24, 2.45) is 0 Å². The molecule has 1 fully saturated rings. The summed E-state index contributed by atoms with van der Waals surface area (Å²) in [6, 6.07) is 8.12. The molecule has 1 saturated carbocycles. The van der Waals surface area contributed by atoms with Crippen LogP contribution in [0.2, 0.25) is 0 Å². The van der Waals surface area contributed by atoms with E-state index in [1.807, 2.05) is 6.07 Å². The van der Waals surface area contributed by atoms with E-state index in [-0.39, 0.29) is 18.6 Å². The Morgan fingerprint density at radius 2 is 2.03 bits per heavy atom. The van der Waals surface area contributed by atoms with Crippen LogP contribution in [-0.4, -0.2) is 57.1 Å². The van der Waals surface area contributed by atoms with E-state index < -0.39 is 18.1 Å². The Morgan fingerprint density at radius 1 is 1.21 bits per heavy atom. The normalized spacial score (nSPS) is 20.7. The van der Waals surface area contributed by atoms with Crippen molar-refractivity contribution >= 4 is 5.82 Å². The number of alkyl halides is 2. The van der Waals surface area contributed by atoms with Crippen LogP contribution in [0.15, 0.2) is 49.1 Å². The number of rotatable bonds is 5. The number of anilines is 1. The van der Waals surface area contributed by atoms with Gasteiger partial charge in [-0.05, 0) is 24.3 Å². The third-order valence-corrected chi connectivity index (χ3v) is 5.31. The number of likely N-dealkylation sites (N-methyl/N-ethyl adjacent to an activating group) is 1. The number of methoxy groups -OCH3 is 1. The Balaban J connectivity index is 1.55. The van der Waals surface area contributed by atoms with Crippen LogP contribution in [0.1, 0.15) is 12.8 Å².